The normalized spacial score (nSPS) is 11.7. The summed E-state index contributed by atoms with van der Waals surface area (Å²) in [6.45, 7) is 2.80. The third-order valence-corrected chi connectivity index (χ3v) is 3.70. The lowest BCUT2D eigenvalue weighted by atomic mass is 10.2. The molecule has 0 N–H and O–H groups in total. The second-order valence-electron chi connectivity index (χ2n) is 4.90. The van der Waals surface area contributed by atoms with E-state index in [4.69, 9.17) is 16.3 Å². The quantitative estimate of drug-likeness (QED) is 0.628. The highest BCUT2D eigenvalue weighted by Crippen LogP contribution is 2.30. The van der Waals surface area contributed by atoms with Gasteiger partial charge in [0.05, 0.1) is 10.5 Å². The number of rotatable bonds is 1. The minimum absolute atomic E-state index is 0.683. The average Bonchev–Trinajstić information content (AvgIpc) is 2.56. The molecule has 0 aliphatic carbocycles. The summed E-state index contributed by atoms with van der Waals surface area (Å²) in [6, 6.07) is 18.2. The highest BCUT2D eigenvalue weighted by Gasteiger charge is 2.08. The van der Waals surface area contributed by atoms with Crippen LogP contribution >= 0.6 is 11.6 Å². The predicted molar refractivity (Wildman–Crippen MR) is 86.9 cm³/mol. The number of hydrogen-bond acceptors (Lipinski definition) is 2. The van der Waals surface area contributed by atoms with Crippen LogP contribution in [0.4, 0.5) is 0 Å². The number of nitrogens with zero attached hydrogens (tertiary/aromatic N) is 1. The zero-order valence-electron chi connectivity index (χ0n) is 11.8. The minimum atomic E-state index is 0.683. The summed E-state index contributed by atoms with van der Waals surface area (Å²) >= 11 is 5.74. The lowest BCUT2D eigenvalue weighted by Gasteiger charge is -2.14. The molecule has 0 unspecified atom stereocenters. The Hall–Kier alpha value is -2.06. The van der Waals surface area contributed by atoms with Crippen molar-refractivity contribution in [2.45, 2.75) is 20.0 Å². The summed E-state index contributed by atoms with van der Waals surface area (Å²) in [5.74, 6) is 0.798. The van der Waals surface area contributed by atoms with Crippen LogP contribution in [0.3, 0.4) is 0 Å². The Balaban J connectivity index is 0.000000131. The molecule has 0 fully saturated rings. The van der Waals surface area contributed by atoms with Crippen molar-refractivity contribution >= 4 is 22.5 Å². The van der Waals surface area contributed by atoms with E-state index in [2.05, 4.69) is 36.2 Å². The Morgan fingerprint density at radius 2 is 1.95 bits per heavy atom. The summed E-state index contributed by atoms with van der Waals surface area (Å²) in [5.41, 5.74) is 3.40. The number of aryl methyl sites for hydroxylation is 1. The maximum absolute atomic E-state index is 5.74. The van der Waals surface area contributed by atoms with Crippen molar-refractivity contribution in [3.05, 3.63) is 70.9 Å². The molecule has 3 heteroatoms. The van der Waals surface area contributed by atoms with E-state index in [0.29, 0.717) is 6.61 Å². The number of aromatic nitrogens is 1. The molecule has 2 aliphatic rings. The van der Waals surface area contributed by atoms with Gasteiger partial charge in [0.25, 0.3) is 0 Å². The summed E-state index contributed by atoms with van der Waals surface area (Å²) in [6.07, 6.45) is 1.00. The van der Waals surface area contributed by atoms with E-state index in [1.165, 1.54) is 5.39 Å². The number of para-hydroxylation sites is 1. The third-order valence-electron chi connectivity index (χ3n) is 3.41. The summed E-state index contributed by atoms with van der Waals surface area (Å²) in [4.78, 5) is 4.49. The van der Waals surface area contributed by atoms with Crippen LogP contribution in [0.2, 0.25) is 5.02 Å². The monoisotopic (exact) mass is 297 g/mol. The summed E-state index contributed by atoms with van der Waals surface area (Å²) in [7, 11) is 0. The van der Waals surface area contributed by atoms with Crippen molar-refractivity contribution in [1.29, 1.82) is 0 Å². The van der Waals surface area contributed by atoms with Gasteiger partial charge in [-0.3, -0.25) is 4.98 Å². The molecular formula is C18H16ClNO. The minimum Gasteiger partial charge on any atom is -0.487 e. The van der Waals surface area contributed by atoms with Gasteiger partial charge in [-0.2, -0.15) is 0 Å². The molecule has 2 aromatic carbocycles. The van der Waals surface area contributed by atoms with Gasteiger partial charge < -0.3 is 4.74 Å². The molecule has 5 rings (SSSR count). The van der Waals surface area contributed by atoms with E-state index in [-0.39, 0.29) is 0 Å². The van der Waals surface area contributed by atoms with Crippen LogP contribution in [-0.4, -0.2) is 4.98 Å². The maximum Gasteiger partial charge on any atom is 0.138 e. The molecule has 2 aliphatic heterocycles. The van der Waals surface area contributed by atoms with E-state index >= 15 is 0 Å². The van der Waals surface area contributed by atoms with Crippen LogP contribution in [0.5, 0.6) is 5.75 Å². The average molecular weight is 298 g/mol. The van der Waals surface area contributed by atoms with Gasteiger partial charge in [-0.1, -0.05) is 48.9 Å². The fourth-order valence-electron chi connectivity index (χ4n) is 2.22. The lowest BCUT2D eigenvalue weighted by Crippen LogP contribution is -2.01. The van der Waals surface area contributed by atoms with E-state index in [0.717, 1.165) is 34.0 Å². The molecule has 3 heterocycles. The lowest BCUT2D eigenvalue weighted by molar-refractivity contribution is 0.295. The second-order valence-corrected chi connectivity index (χ2v) is 5.31. The predicted octanol–water partition coefficient (Wildman–Crippen LogP) is 5.03. The van der Waals surface area contributed by atoms with Crippen molar-refractivity contribution in [2.75, 3.05) is 0 Å². The number of ether oxygens (including phenoxy) is 1. The number of halogens is 1. The van der Waals surface area contributed by atoms with Gasteiger partial charge in [0.2, 0.25) is 0 Å². The molecule has 1 aromatic heterocycles. The molecule has 0 saturated carbocycles. The molecular weight excluding hydrogens is 282 g/mol. The standard InChI is InChI=1S/C11H11N.C7H5ClO/c1-2-10-8-7-9-5-3-4-6-11(9)12-10;8-6-3-5-1-2-7(6)9-4-5/h3-8H,2H2,1H3;1-3H,4H2. The molecule has 21 heavy (non-hydrogen) atoms. The third kappa shape index (κ3) is 3.17. The van der Waals surface area contributed by atoms with E-state index in [1.54, 1.807) is 0 Å². The first-order chi connectivity index (χ1) is 10.3. The zero-order valence-corrected chi connectivity index (χ0v) is 12.6. The Bertz CT molecular complexity index is 770. The highest BCUT2D eigenvalue weighted by molar-refractivity contribution is 6.32. The van der Waals surface area contributed by atoms with Crippen molar-refractivity contribution in [3.8, 4) is 5.75 Å². The SMILES string of the molecule is CCc1ccc2ccccc2n1.Clc1cc2ccc1OC2. The first-order valence-corrected chi connectivity index (χ1v) is 7.40. The van der Waals surface area contributed by atoms with Crippen molar-refractivity contribution < 1.29 is 4.74 Å². The van der Waals surface area contributed by atoms with Gasteiger partial charge in [0.1, 0.15) is 12.4 Å². The van der Waals surface area contributed by atoms with E-state index < -0.39 is 0 Å². The highest BCUT2D eigenvalue weighted by atomic mass is 35.5. The van der Waals surface area contributed by atoms with Gasteiger partial charge in [-0.15, -0.1) is 0 Å². The largest absolute Gasteiger partial charge is 0.487 e. The summed E-state index contributed by atoms with van der Waals surface area (Å²) < 4.78 is 5.18. The topological polar surface area (TPSA) is 22.1 Å². The number of hydrogen-bond donors (Lipinski definition) is 0. The van der Waals surface area contributed by atoms with Gasteiger partial charge >= 0.3 is 0 Å². The van der Waals surface area contributed by atoms with Crippen LogP contribution in [0.25, 0.3) is 10.9 Å². The van der Waals surface area contributed by atoms with Crippen molar-refractivity contribution in [3.63, 3.8) is 0 Å². The molecule has 0 amide bonds. The van der Waals surface area contributed by atoms with Crippen LogP contribution in [0.1, 0.15) is 18.2 Å². The Labute approximate surface area is 129 Å². The van der Waals surface area contributed by atoms with E-state index in [9.17, 15) is 0 Å². The molecule has 0 spiro atoms. The number of fused-ring (bicyclic) bond motifs is 4. The fourth-order valence-corrected chi connectivity index (χ4v) is 2.48. The molecule has 0 atom stereocenters. The first-order valence-electron chi connectivity index (χ1n) is 7.02. The smallest absolute Gasteiger partial charge is 0.138 e. The molecule has 2 nitrogen and oxygen atoms in total. The van der Waals surface area contributed by atoms with Gasteiger partial charge in [0.15, 0.2) is 0 Å². The fraction of sp³-hybridized carbons (Fsp3) is 0.167. The van der Waals surface area contributed by atoms with Gasteiger partial charge in [0, 0.05) is 11.1 Å². The van der Waals surface area contributed by atoms with Crippen LogP contribution in [0.15, 0.2) is 54.6 Å². The Morgan fingerprint density at radius 1 is 1.10 bits per heavy atom. The second kappa shape index (κ2) is 6.15. The van der Waals surface area contributed by atoms with Crippen molar-refractivity contribution in [2.24, 2.45) is 0 Å². The maximum atomic E-state index is 5.74. The van der Waals surface area contributed by atoms with Crippen LogP contribution in [0, 0.1) is 0 Å². The first kappa shape index (κ1) is 13.9. The zero-order chi connectivity index (χ0) is 14.7. The van der Waals surface area contributed by atoms with Crippen LogP contribution < -0.4 is 4.74 Å². The van der Waals surface area contributed by atoms with E-state index in [1.807, 2.05) is 30.3 Å². The number of benzene rings is 2. The Morgan fingerprint density at radius 3 is 2.52 bits per heavy atom. The van der Waals surface area contributed by atoms with Gasteiger partial charge in [-0.05, 0) is 36.2 Å². The molecule has 2 bridgehead atoms. The Kier molecular flexibility index (Phi) is 4.07. The van der Waals surface area contributed by atoms with Crippen molar-refractivity contribution in [1.82, 2.24) is 4.98 Å². The van der Waals surface area contributed by atoms with Crippen LogP contribution in [-0.2, 0) is 13.0 Å². The molecule has 0 saturated heterocycles. The van der Waals surface area contributed by atoms with Gasteiger partial charge in [-0.25, -0.2) is 0 Å². The summed E-state index contributed by atoms with van der Waals surface area (Å²) in [5, 5.41) is 1.94. The molecule has 106 valence electrons. The molecule has 0 radical (unpaired) electrons. The molecule has 3 aromatic rings. The number of pyridine rings is 1.